The van der Waals surface area contributed by atoms with Gasteiger partial charge in [0.1, 0.15) is 0 Å². The Morgan fingerprint density at radius 3 is 2.43 bits per heavy atom. The second-order valence-electron chi connectivity index (χ2n) is 5.85. The molecule has 1 aliphatic heterocycles. The summed E-state index contributed by atoms with van der Waals surface area (Å²) in [5, 5.41) is 2.97. The Kier molecular flexibility index (Phi) is 4.27. The second kappa shape index (κ2) is 5.95. The monoisotopic (exact) mass is 436 g/mol. The van der Waals surface area contributed by atoms with E-state index in [-0.39, 0.29) is 5.91 Å². The van der Waals surface area contributed by atoms with Crippen LogP contribution in [0.15, 0.2) is 15.0 Å². The minimum atomic E-state index is -0.0633. The fourth-order valence-electron chi connectivity index (χ4n) is 3.24. The average Bonchev–Trinajstić information content (AvgIpc) is 2.95. The number of anilines is 1. The number of carbonyl (C=O) groups is 1. The fraction of sp³-hybridized carbons (Fsp3) is 0.278. The van der Waals surface area contributed by atoms with Crippen molar-refractivity contribution in [2.75, 3.05) is 5.32 Å². The Balaban J connectivity index is 2.22. The lowest BCUT2D eigenvalue weighted by molar-refractivity contribution is -0.110. The van der Waals surface area contributed by atoms with Gasteiger partial charge in [-0.25, -0.2) is 0 Å². The second-order valence-corrected chi connectivity index (χ2v) is 7.56. The van der Waals surface area contributed by atoms with Crippen LogP contribution in [0.2, 0.25) is 0 Å². The molecule has 0 fully saturated rings. The van der Waals surface area contributed by atoms with E-state index in [1.165, 1.54) is 16.8 Å². The van der Waals surface area contributed by atoms with Crippen LogP contribution < -0.4 is 5.32 Å². The Morgan fingerprint density at radius 2 is 1.83 bits per heavy atom. The number of aromatic amines is 1. The molecule has 3 nitrogen and oxygen atoms in total. The number of rotatable bonds is 2. The van der Waals surface area contributed by atoms with Gasteiger partial charge >= 0.3 is 0 Å². The van der Waals surface area contributed by atoms with Gasteiger partial charge in [0.2, 0.25) is 0 Å². The maximum atomic E-state index is 12.5. The van der Waals surface area contributed by atoms with Gasteiger partial charge in [-0.2, -0.15) is 0 Å². The molecule has 0 saturated carbocycles. The third-order valence-electron chi connectivity index (χ3n) is 4.50. The molecule has 120 valence electrons. The Hall–Kier alpha value is -1.33. The Morgan fingerprint density at radius 1 is 1.13 bits per heavy atom. The summed E-state index contributed by atoms with van der Waals surface area (Å²) in [6.45, 7) is 8.35. The molecule has 0 bridgehead atoms. The number of carbonyl (C=O) groups excluding carboxylic acids is 1. The average molecular weight is 438 g/mol. The van der Waals surface area contributed by atoms with Gasteiger partial charge in [-0.15, -0.1) is 0 Å². The van der Waals surface area contributed by atoms with Crippen molar-refractivity contribution in [3.05, 3.63) is 48.7 Å². The van der Waals surface area contributed by atoms with Gasteiger partial charge in [-0.05, 0) is 72.0 Å². The maximum Gasteiger partial charge on any atom is 0.256 e. The fourth-order valence-corrected chi connectivity index (χ4v) is 4.50. The smallest absolute Gasteiger partial charge is 0.256 e. The SMILES string of the molecule is CCc1c(C)[nH]c(C=C2C(=O)Nc3c(Br)cc(Br)c(C)c32)c1C. The van der Waals surface area contributed by atoms with E-state index in [2.05, 4.69) is 62.9 Å². The van der Waals surface area contributed by atoms with Crippen molar-refractivity contribution in [1.82, 2.24) is 4.98 Å². The minimum Gasteiger partial charge on any atom is -0.359 e. The summed E-state index contributed by atoms with van der Waals surface area (Å²) >= 11 is 7.10. The number of hydrogen-bond donors (Lipinski definition) is 2. The number of hydrogen-bond acceptors (Lipinski definition) is 1. The minimum absolute atomic E-state index is 0.0633. The van der Waals surface area contributed by atoms with Crippen LogP contribution in [-0.4, -0.2) is 10.9 Å². The van der Waals surface area contributed by atoms with Crippen LogP contribution in [0, 0.1) is 20.8 Å². The summed E-state index contributed by atoms with van der Waals surface area (Å²) in [6.07, 6.45) is 2.95. The zero-order valence-electron chi connectivity index (χ0n) is 13.5. The van der Waals surface area contributed by atoms with E-state index in [0.29, 0.717) is 5.57 Å². The highest BCUT2D eigenvalue weighted by Gasteiger charge is 2.29. The predicted octanol–water partition coefficient (Wildman–Crippen LogP) is 5.52. The van der Waals surface area contributed by atoms with Gasteiger partial charge in [0.05, 0.1) is 11.3 Å². The third-order valence-corrected chi connectivity index (χ3v) is 5.95. The lowest BCUT2D eigenvalue weighted by atomic mass is 9.99. The summed E-state index contributed by atoms with van der Waals surface area (Å²) < 4.78 is 1.87. The first kappa shape index (κ1) is 16.5. The molecule has 1 amide bonds. The Labute approximate surface area is 152 Å². The highest BCUT2D eigenvalue weighted by Crippen LogP contribution is 2.43. The van der Waals surface area contributed by atoms with Crippen LogP contribution in [0.25, 0.3) is 11.6 Å². The van der Waals surface area contributed by atoms with Crippen LogP contribution in [-0.2, 0) is 11.2 Å². The first-order valence-electron chi connectivity index (χ1n) is 7.55. The number of H-pyrrole nitrogens is 1. The van der Waals surface area contributed by atoms with Gasteiger partial charge in [0.25, 0.3) is 5.91 Å². The number of halogens is 2. The number of nitrogens with one attached hydrogen (secondary N) is 2. The van der Waals surface area contributed by atoms with E-state index in [1.54, 1.807) is 0 Å². The van der Waals surface area contributed by atoms with Crippen molar-refractivity contribution >= 4 is 55.1 Å². The normalized spacial score (nSPS) is 15.2. The molecule has 0 saturated heterocycles. The molecule has 2 heterocycles. The molecule has 1 aliphatic rings. The van der Waals surface area contributed by atoms with Crippen molar-refractivity contribution < 1.29 is 4.79 Å². The van der Waals surface area contributed by atoms with E-state index in [9.17, 15) is 4.79 Å². The molecule has 1 aromatic carbocycles. The number of aromatic nitrogens is 1. The van der Waals surface area contributed by atoms with Crippen molar-refractivity contribution in [3.63, 3.8) is 0 Å². The van der Waals surface area contributed by atoms with Gasteiger partial charge in [-0.3, -0.25) is 4.79 Å². The van der Waals surface area contributed by atoms with Crippen LogP contribution in [0.4, 0.5) is 5.69 Å². The van der Waals surface area contributed by atoms with Crippen molar-refractivity contribution in [1.29, 1.82) is 0 Å². The zero-order valence-corrected chi connectivity index (χ0v) is 16.7. The van der Waals surface area contributed by atoms with Crippen LogP contribution in [0.1, 0.15) is 40.6 Å². The summed E-state index contributed by atoms with van der Waals surface area (Å²) in [4.78, 5) is 15.9. The van der Waals surface area contributed by atoms with E-state index in [0.717, 1.165) is 37.9 Å². The molecular weight excluding hydrogens is 420 g/mol. The number of fused-ring (bicyclic) bond motifs is 1. The molecule has 23 heavy (non-hydrogen) atoms. The topological polar surface area (TPSA) is 44.9 Å². The molecular formula is C18H18Br2N2O. The molecule has 1 aromatic heterocycles. The largest absolute Gasteiger partial charge is 0.359 e. The predicted molar refractivity (Wildman–Crippen MR) is 103 cm³/mol. The van der Waals surface area contributed by atoms with Crippen LogP contribution >= 0.6 is 31.9 Å². The van der Waals surface area contributed by atoms with Crippen molar-refractivity contribution in [3.8, 4) is 0 Å². The molecule has 0 radical (unpaired) electrons. The zero-order chi connectivity index (χ0) is 16.9. The molecule has 3 rings (SSSR count). The van der Waals surface area contributed by atoms with Gasteiger partial charge in [-0.1, -0.05) is 22.9 Å². The van der Waals surface area contributed by atoms with Crippen LogP contribution in [0.5, 0.6) is 0 Å². The van der Waals surface area contributed by atoms with E-state index in [1.807, 2.05) is 19.1 Å². The molecule has 2 N–H and O–H groups in total. The number of amides is 1. The van der Waals surface area contributed by atoms with Gasteiger partial charge < -0.3 is 10.3 Å². The first-order valence-corrected chi connectivity index (χ1v) is 9.13. The van der Waals surface area contributed by atoms with E-state index < -0.39 is 0 Å². The van der Waals surface area contributed by atoms with Crippen molar-refractivity contribution in [2.24, 2.45) is 0 Å². The molecule has 5 heteroatoms. The van der Waals surface area contributed by atoms with Gasteiger partial charge in [0, 0.05) is 25.9 Å². The first-order chi connectivity index (χ1) is 10.8. The van der Waals surface area contributed by atoms with Gasteiger partial charge in [0.15, 0.2) is 0 Å². The Bertz CT molecular complexity index is 863. The summed E-state index contributed by atoms with van der Waals surface area (Å²) in [6, 6.07) is 1.97. The summed E-state index contributed by atoms with van der Waals surface area (Å²) in [7, 11) is 0. The van der Waals surface area contributed by atoms with Crippen LogP contribution in [0.3, 0.4) is 0 Å². The molecule has 0 atom stereocenters. The molecule has 2 aromatic rings. The third kappa shape index (κ3) is 2.60. The molecule has 0 spiro atoms. The van der Waals surface area contributed by atoms with Crippen molar-refractivity contribution in [2.45, 2.75) is 34.1 Å². The number of benzene rings is 1. The molecule has 0 unspecified atom stereocenters. The summed E-state index contributed by atoms with van der Waals surface area (Å²) in [5.74, 6) is -0.0633. The highest BCUT2D eigenvalue weighted by molar-refractivity contribution is 9.11. The highest BCUT2D eigenvalue weighted by atomic mass is 79.9. The standard InChI is InChI=1S/C18H18Br2N2O/c1-5-11-8(2)15(21-10(11)4)6-12-16-9(3)13(19)7-14(20)17(16)22-18(12)23/h6-7,21H,5H2,1-4H3,(H,22,23). The summed E-state index contributed by atoms with van der Waals surface area (Å²) in [5.41, 5.74) is 8.28. The molecule has 0 aliphatic carbocycles. The quantitative estimate of drug-likeness (QED) is 0.597. The lowest BCUT2D eigenvalue weighted by Crippen LogP contribution is -2.04. The maximum absolute atomic E-state index is 12.5. The number of aryl methyl sites for hydroxylation is 1. The lowest BCUT2D eigenvalue weighted by Gasteiger charge is -2.08. The van der Waals surface area contributed by atoms with E-state index >= 15 is 0 Å². The van der Waals surface area contributed by atoms with E-state index in [4.69, 9.17) is 0 Å².